The molecule has 1 aliphatic rings. The third-order valence-electron chi connectivity index (χ3n) is 6.64. The molecule has 3 aromatic rings. The minimum absolute atomic E-state index is 0.0827. The number of ether oxygens (including phenoxy) is 2. The van der Waals surface area contributed by atoms with Crippen LogP contribution in [0.25, 0.3) is 11.1 Å². The zero-order valence-electron chi connectivity index (χ0n) is 22.0. The Kier molecular flexibility index (Phi) is 8.29. The van der Waals surface area contributed by atoms with Crippen LogP contribution in [0, 0.1) is 13.8 Å². The predicted octanol–water partition coefficient (Wildman–Crippen LogP) is 6.92. The van der Waals surface area contributed by atoms with Gasteiger partial charge in [-0.2, -0.15) is 0 Å². The Morgan fingerprint density at radius 2 is 1.86 bits per heavy atom. The molecule has 0 saturated heterocycles. The maximum Gasteiger partial charge on any atom is 0.304 e. The smallest absolute Gasteiger partial charge is 0.304 e. The summed E-state index contributed by atoms with van der Waals surface area (Å²) in [6.07, 6.45) is 1.57. The van der Waals surface area contributed by atoms with Crippen LogP contribution in [-0.2, 0) is 15.9 Å². The molecular weight excluding hydrogens is 485 g/mol. The van der Waals surface area contributed by atoms with Crippen LogP contribution in [0.2, 0.25) is 0 Å². The van der Waals surface area contributed by atoms with Crippen LogP contribution in [0.5, 0.6) is 11.5 Å². The highest BCUT2D eigenvalue weighted by atomic mass is 31.2. The van der Waals surface area contributed by atoms with Gasteiger partial charge in [0, 0.05) is 35.9 Å². The Balaban J connectivity index is 1.41. The number of carbonyl (C=O) groups is 1. The first-order chi connectivity index (χ1) is 17.6. The minimum atomic E-state index is -2.01. The van der Waals surface area contributed by atoms with Gasteiger partial charge in [0.1, 0.15) is 11.5 Å². The van der Waals surface area contributed by atoms with Gasteiger partial charge in [-0.05, 0) is 85.7 Å². The molecule has 0 fully saturated rings. The molecule has 3 aromatic carbocycles. The molecule has 0 bridgehead atoms. The second-order valence-corrected chi connectivity index (χ2v) is 13.9. The number of rotatable bonds is 11. The van der Waals surface area contributed by atoms with Crippen molar-refractivity contribution in [1.82, 2.24) is 0 Å². The average molecular weight is 522 g/mol. The summed E-state index contributed by atoms with van der Waals surface area (Å²) >= 11 is 0. The highest BCUT2D eigenvalue weighted by Gasteiger charge is 2.26. The highest BCUT2D eigenvalue weighted by molar-refractivity contribution is 7.62. The van der Waals surface area contributed by atoms with E-state index in [0.29, 0.717) is 25.9 Å². The van der Waals surface area contributed by atoms with Gasteiger partial charge in [-0.1, -0.05) is 24.3 Å². The molecule has 7 heteroatoms. The lowest BCUT2D eigenvalue weighted by molar-refractivity contribution is -0.137. The molecule has 0 aromatic heterocycles. The van der Waals surface area contributed by atoms with Crippen molar-refractivity contribution in [3.63, 3.8) is 0 Å². The van der Waals surface area contributed by atoms with Crippen LogP contribution in [0.3, 0.4) is 0 Å². The van der Waals surface area contributed by atoms with Gasteiger partial charge in [-0.15, -0.1) is 0 Å². The lowest BCUT2D eigenvalue weighted by atomic mass is 9.94. The first-order valence-corrected chi connectivity index (χ1v) is 15.5. The lowest BCUT2D eigenvalue weighted by Crippen LogP contribution is -2.07. The van der Waals surface area contributed by atoms with Crippen LogP contribution < -0.4 is 14.8 Å². The van der Waals surface area contributed by atoms with Crippen molar-refractivity contribution in [2.24, 2.45) is 0 Å². The minimum Gasteiger partial charge on any atom is -0.494 e. The zero-order chi connectivity index (χ0) is 26.6. The number of hydrogen-bond acceptors (Lipinski definition) is 5. The van der Waals surface area contributed by atoms with Gasteiger partial charge >= 0.3 is 5.97 Å². The van der Waals surface area contributed by atoms with Crippen molar-refractivity contribution in [2.75, 3.05) is 38.0 Å². The highest BCUT2D eigenvalue weighted by Crippen LogP contribution is 2.38. The summed E-state index contributed by atoms with van der Waals surface area (Å²) in [6, 6.07) is 18.6. The Morgan fingerprint density at radius 3 is 2.57 bits per heavy atom. The molecule has 196 valence electrons. The van der Waals surface area contributed by atoms with E-state index in [9.17, 15) is 9.36 Å². The molecule has 0 aliphatic carbocycles. The molecular formula is C30H36NO5P. The summed E-state index contributed by atoms with van der Waals surface area (Å²) in [5.74, 6) is 0.713. The molecule has 37 heavy (non-hydrogen) atoms. The number of anilines is 1. The average Bonchev–Trinajstić information content (AvgIpc) is 3.21. The normalized spacial score (nSPS) is 14.6. The molecule has 1 unspecified atom stereocenters. The van der Waals surface area contributed by atoms with Gasteiger partial charge in [0.25, 0.3) is 0 Å². The zero-order valence-corrected chi connectivity index (χ0v) is 22.9. The molecule has 1 aliphatic heterocycles. The summed E-state index contributed by atoms with van der Waals surface area (Å²) < 4.78 is 23.6. The Bertz CT molecular complexity index is 1310. The second-order valence-electron chi connectivity index (χ2n) is 10.3. The first kappa shape index (κ1) is 26.8. The Morgan fingerprint density at radius 1 is 1.11 bits per heavy atom. The topological polar surface area (TPSA) is 84.9 Å². The van der Waals surface area contributed by atoms with E-state index in [1.54, 1.807) is 0 Å². The van der Waals surface area contributed by atoms with Gasteiger partial charge in [-0.3, -0.25) is 4.79 Å². The number of nitrogens with one attached hydrogen (secondary N) is 1. The number of hydrogen-bond donors (Lipinski definition) is 2. The molecule has 2 N–H and O–H groups in total. The number of carboxylic acid groups (broad SMARTS) is 1. The Hall–Kier alpha value is -3.24. The molecule has 1 heterocycles. The summed E-state index contributed by atoms with van der Waals surface area (Å²) in [5.41, 5.74) is 7.74. The summed E-state index contributed by atoms with van der Waals surface area (Å²) in [5, 5.41) is 12.6. The lowest BCUT2D eigenvalue weighted by Gasteiger charge is -2.15. The largest absolute Gasteiger partial charge is 0.494 e. The van der Waals surface area contributed by atoms with E-state index in [4.69, 9.17) is 14.6 Å². The third-order valence-corrected chi connectivity index (χ3v) is 8.04. The molecule has 6 nitrogen and oxygen atoms in total. The van der Waals surface area contributed by atoms with Gasteiger partial charge in [0.2, 0.25) is 0 Å². The van der Waals surface area contributed by atoms with E-state index in [1.165, 1.54) is 5.56 Å². The van der Waals surface area contributed by atoms with Gasteiger partial charge in [-0.25, -0.2) is 0 Å². The van der Waals surface area contributed by atoms with E-state index in [-0.39, 0.29) is 12.3 Å². The van der Waals surface area contributed by atoms with Crippen molar-refractivity contribution < 1.29 is 23.9 Å². The first-order valence-electron chi connectivity index (χ1n) is 12.7. The van der Waals surface area contributed by atoms with Crippen molar-refractivity contribution in [2.45, 2.75) is 39.2 Å². The monoisotopic (exact) mass is 521 g/mol. The van der Waals surface area contributed by atoms with Gasteiger partial charge < -0.3 is 24.5 Å². The van der Waals surface area contributed by atoms with Crippen molar-refractivity contribution in [3.8, 4) is 22.6 Å². The van der Waals surface area contributed by atoms with Crippen molar-refractivity contribution in [3.05, 3.63) is 76.9 Å². The standard InChI is InChI=1S/C30H36NO5P/c1-20-13-26(35-11-6-12-37(3,4)34)14-21(2)30(20)23-8-5-7-22(15-23)18-31-25-9-10-27-24(16-29(32)33)19-36-28(27)17-25/h5,7-10,13-15,17,24,31H,6,11-12,16,18-19H2,1-4H3,(H,32,33). The molecule has 4 rings (SSSR count). The van der Waals surface area contributed by atoms with E-state index < -0.39 is 13.1 Å². The molecule has 1 atom stereocenters. The summed E-state index contributed by atoms with van der Waals surface area (Å²) in [6.45, 7) is 9.48. The van der Waals surface area contributed by atoms with Crippen LogP contribution in [0.4, 0.5) is 5.69 Å². The van der Waals surface area contributed by atoms with E-state index >= 15 is 0 Å². The van der Waals surface area contributed by atoms with Crippen LogP contribution in [-0.4, -0.2) is 43.8 Å². The Labute approximate surface area is 219 Å². The second kappa shape index (κ2) is 11.4. The summed E-state index contributed by atoms with van der Waals surface area (Å²) in [7, 11) is -2.01. The third kappa shape index (κ3) is 7.17. The fourth-order valence-corrected chi connectivity index (χ4v) is 5.80. The fourth-order valence-electron chi connectivity index (χ4n) is 4.91. The number of carboxylic acids is 1. The number of benzene rings is 3. The fraction of sp³-hybridized carbons (Fsp3) is 0.367. The predicted molar refractivity (Wildman–Crippen MR) is 150 cm³/mol. The van der Waals surface area contributed by atoms with Crippen molar-refractivity contribution >= 4 is 18.8 Å². The maximum absolute atomic E-state index is 11.9. The maximum atomic E-state index is 11.9. The number of aryl methyl sites for hydroxylation is 2. The number of fused-ring (bicyclic) bond motifs is 1. The quantitative estimate of drug-likeness (QED) is 0.210. The van der Waals surface area contributed by atoms with Gasteiger partial charge in [0.15, 0.2) is 0 Å². The number of aliphatic carboxylic acids is 1. The summed E-state index contributed by atoms with van der Waals surface area (Å²) in [4.78, 5) is 11.1. The van der Waals surface area contributed by atoms with Crippen molar-refractivity contribution in [1.29, 1.82) is 0 Å². The van der Waals surface area contributed by atoms with Crippen LogP contribution in [0.15, 0.2) is 54.6 Å². The van der Waals surface area contributed by atoms with Crippen LogP contribution in [0.1, 0.15) is 41.0 Å². The molecule has 0 radical (unpaired) electrons. The van der Waals surface area contributed by atoms with E-state index in [0.717, 1.165) is 51.4 Å². The molecule has 0 amide bonds. The molecule has 0 saturated carbocycles. The SMILES string of the molecule is Cc1cc(OCCCP(C)(C)=O)cc(C)c1-c1cccc(CNc2ccc3c(c2)OCC3CC(=O)O)c1. The van der Waals surface area contributed by atoms with Gasteiger partial charge in [0.05, 0.1) is 26.8 Å². The van der Waals surface area contributed by atoms with E-state index in [1.807, 2.05) is 31.5 Å². The van der Waals surface area contributed by atoms with Crippen LogP contribution >= 0.6 is 7.14 Å². The molecule has 0 spiro atoms. The van der Waals surface area contributed by atoms with E-state index in [2.05, 4.69) is 55.6 Å².